The standard InChI is InChI=1S/C25H29N3O2/c1-27(2)25(29)20-9-6-11-22(15-20)28-13-14-30-23(18-28)17-26-16-21-10-5-8-19-7-3-4-12-24(19)21/h3-12,15,23,26H,13-14,16-18H2,1-2H3. The fraction of sp³-hybridized carbons (Fsp3) is 0.320. The van der Waals surface area contributed by atoms with Crippen LogP contribution in [0.2, 0.25) is 0 Å². The molecule has 3 aromatic rings. The van der Waals surface area contributed by atoms with Crippen LogP contribution in [-0.4, -0.2) is 57.2 Å². The molecule has 1 atom stereocenters. The van der Waals surface area contributed by atoms with Gasteiger partial charge in [-0.2, -0.15) is 0 Å². The van der Waals surface area contributed by atoms with Crippen LogP contribution >= 0.6 is 0 Å². The lowest BCUT2D eigenvalue weighted by Gasteiger charge is -2.35. The summed E-state index contributed by atoms with van der Waals surface area (Å²) in [6, 6.07) is 22.8. The average molecular weight is 404 g/mol. The van der Waals surface area contributed by atoms with E-state index in [1.807, 2.05) is 18.2 Å². The summed E-state index contributed by atoms with van der Waals surface area (Å²) in [4.78, 5) is 16.2. The first-order chi connectivity index (χ1) is 14.6. The highest BCUT2D eigenvalue weighted by Crippen LogP contribution is 2.21. The molecular formula is C25H29N3O2. The number of benzene rings is 3. The Bertz CT molecular complexity index is 1010. The molecule has 0 bridgehead atoms. The number of hydrogen-bond acceptors (Lipinski definition) is 4. The smallest absolute Gasteiger partial charge is 0.253 e. The minimum absolute atomic E-state index is 0.0263. The van der Waals surface area contributed by atoms with Crippen molar-refractivity contribution in [3.8, 4) is 0 Å². The minimum Gasteiger partial charge on any atom is -0.373 e. The Morgan fingerprint density at radius 3 is 2.77 bits per heavy atom. The summed E-state index contributed by atoms with van der Waals surface area (Å²) in [5.74, 6) is 0.0263. The molecule has 1 aliphatic rings. The zero-order valence-electron chi connectivity index (χ0n) is 17.7. The van der Waals surface area contributed by atoms with Crippen molar-refractivity contribution in [2.45, 2.75) is 12.6 Å². The quantitative estimate of drug-likeness (QED) is 0.684. The topological polar surface area (TPSA) is 44.8 Å². The van der Waals surface area contributed by atoms with Crippen molar-refractivity contribution in [3.05, 3.63) is 77.9 Å². The third kappa shape index (κ3) is 4.64. The van der Waals surface area contributed by atoms with Crippen molar-refractivity contribution in [2.24, 2.45) is 0 Å². The third-order valence-electron chi connectivity index (χ3n) is 5.57. The molecule has 156 valence electrons. The van der Waals surface area contributed by atoms with Crippen molar-refractivity contribution in [1.82, 2.24) is 10.2 Å². The van der Waals surface area contributed by atoms with Crippen LogP contribution in [0.4, 0.5) is 5.69 Å². The molecule has 1 fully saturated rings. The molecule has 1 heterocycles. The van der Waals surface area contributed by atoms with Crippen LogP contribution in [0.1, 0.15) is 15.9 Å². The number of carbonyl (C=O) groups excluding carboxylic acids is 1. The van der Waals surface area contributed by atoms with E-state index in [0.29, 0.717) is 6.61 Å². The van der Waals surface area contributed by atoms with Gasteiger partial charge in [-0.05, 0) is 34.5 Å². The normalized spacial score (nSPS) is 16.6. The van der Waals surface area contributed by atoms with Gasteiger partial charge in [-0.25, -0.2) is 0 Å². The van der Waals surface area contributed by atoms with Gasteiger partial charge in [0.2, 0.25) is 0 Å². The van der Waals surface area contributed by atoms with Crippen molar-refractivity contribution < 1.29 is 9.53 Å². The molecular weight excluding hydrogens is 374 g/mol. The van der Waals surface area contributed by atoms with Gasteiger partial charge < -0.3 is 19.9 Å². The van der Waals surface area contributed by atoms with E-state index in [1.165, 1.54) is 16.3 Å². The summed E-state index contributed by atoms with van der Waals surface area (Å²) >= 11 is 0. The largest absolute Gasteiger partial charge is 0.373 e. The maximum Gasteiger partial charge on any atom is 0.253 e. The molecule has 1 saturated heterocycles. The minimum atomic E-state index is 0.0263. The van der Waals surface area contributed by atoms with Crippen LogP contribution in [-0.2, 0) is 11.3 Å². The lowest BCUT2D eigenvalue weighted by atomic mass is 10.0. The van der Waals surface area contributed by atoms with Crippen molar-refractivity contribution in [3.63, 3.8) is 0 Å². The van der Waals surface area contributed by atoms with E-state index in [4.69, 9.17) is 4.74 Å². The molecule has 5 heteroatoms. The molecule has 0 radical (unpaired) electrons. The SMILES string of the molecule is CN(C)C(=O)c1cccc(N2CCOC(CNCc3cccc4ccccc34)C2)c1. The first-order valence-corrected chi connectivity index (χ1v) is 10.5. The van der Waals surface area contributed by atoms with E-state index in [2.05, 4.69) is 58.7 Å². The fourth-order valence-electron chi connectivity index (χ4n) is 3.99. The molecule has 4 rings (SSSR count). The van der Waals surface area contributed by atoms with Gasteiger partial charge in [-0.3, -0.25) is 4.79 Å². The number of morpholine rings is 1. The van der Waals surface area contributed by atoms with Gasteiger partial charge in [0.15, 0.2) is 0 Å². The van der Waals surface area contributed by atoms with E-state index in [0.717, 1.165) is 37.4 Å². The number of nitrogens with one attached hydrogen (secondary N) is 1. The number of carbonyl (C=O) groups is 1. The summed E-state index contributed by atoms with van der Waals surface area (Å²) in [6.45, 7) is 3.93. The Kier molecular flexibility index (Phi) is 6.31. The van der Waals surface area contributed by atoms with Crippen LogP contribution in [0, 0.1) is 0 Å². The Balaban J connectivity index is 1.36. The summed E-state index contributed by atoms with van der Waals surface area (Å²) in [7, 11) is 3.56. The van der Waals surface area contributed by atoms with Gasteiger partial charge in [0.1, 0.15) is 0 Å². The maximum atomic E-state index is 12.3. The number of rotatable bonds is 6. The van der Waals surface area contributed by atoms with E-state index in [-0.39, 0.29) is 12.0 Å². The second-order valence-corrected chi connectivity index (χ2v) is 7.96. The molecule has 1 amide bonds. The first-order valence-electron chi connectivity index (χ1n) is 10.5. The highest BCUT2D eigenvalue weighted by molar-refractivity contribution is 5.94. The summed E-state index contributed by atoms with van der Waals surface area (Å²) in [6.07, 6.45) is 0.113. The van der Waals surface area contributed by atoms with Gasteiger partial charge in [-0.15, -0.1) is 0 Å². The molecule has 5 nitrogen and oxygen atoms in total. The maximum absolute atomic E-state index is 12.3. The van der Waals surface area contributed by atoms with Crippen LogP contribution in [0.5, 0.6) is 0 Å². The Morgan fingerprint density at radius 2 is 1.90 bits per heavy atom. The van der Waals surface area contributed by atoms with E-state index in [9.17, 15) is 4.79 Å². The predicted molar refractivity (Wildman–Crippen MR) is 122 cm³/mol. The van der Waals surface area contributed by atoms with Crippen LogP contribution in [0.3, 0.4) is 0 Å². The highest BCUT2D eigenvalue weighted by atomic mass is 16.5. The zero-order chi connectivity index (χ0) is 20.9. The van der Waals surface area contributed by atoms with Gasteiger partial charge >= 0.3 is 0 Å². The molecule has 30 heavy (non-hydrogen) atoms. The molecule has 1 aliphatic heterocycles. The van der Waals surface area contributed by atoms with E-state index < -0.39 is 0 Å². The number of anilines is 1. The van der Waals surface area contributed by atoms with Crippen LogP contribution < -0.4 is 10.2 Å². The van der Waals surface area contributed by atoms with Crippen molar-refractivity contribution in [2.75, 3.05) is 45.2 Å². The second kappa shape index (κ2) is 9.28. The van der Waals surface area contributed by atoms with Gasteiger partial charge in [0.25, 0.3) is 5.91 Å². The number of fused-ring (bicyclic) bond motifs is 1. The fourth-order valence-corrected chi connectivity index (χ4v) is 3.99. The van der Waals surface area contributed by atoms with Crippen molar-refractivity contribution >= 4 is 22.4 Å². The summed E-state index contributed by atoms with van der Waals surface area (Å²) in [5, 5.41) is 6.13. The van der Waals surface area contributed by atoms with Gasteiger partial charge in [0.05, 0.1) is 12.7 Å². The van der Waals surface area contributed by atoms with E-state index >= 15 is 0 Å². The average Bonchev–Trinajstić information content (AvgIpc) is 2.79. The lowest BCUT2D eigenvalue weighted by Crippen LogP contribution is -2.46. The monoisotopic (exact) mass is 403 g/mol. The second-order valence-electron chi connectivity index (χ2n) is 7.96. The third-order valence-corrected chi connectivity index (χ3v) is 5.57. The molecule has 0 spiro atoms. The number of amides is 1. The van der Waals surface area contributed by atoms with Crippen LogP contribution in [0.25, 0.3) is 10.8 Å². The number of ether oxygens (including phenoxy) is 1. The highest BCUT2D eigenvalue weighted by Gasteiger charge is 2.21. The molecule has 3 aromatic carbocycles. The Labute approximate surface area is 178 Å². The molecule has 0 aliphatic carbocycles. The van der Waals surface area contributed by atoms with Gasteiger partial charge in [0, 0.05) is 51.5 Å². The van der Waals surface area contributed by atoms with Crippen LogP contribution in [0.15, 0.2) is 66.7 Å². The van der Waals surface area contributed by atoms with Crippen molar-refractivity contribution in [1.29, 1.82) is 0 Å². The molecule has 0 saturated carbocycles. The Hall–Kier alpha value is -2.89. The number of hydrogen-bond donors (Lipinski definition) is 1. The number of nitrogens with zero attached hydrogens (tertiary/aromatic N) is 2. The molecule has 1 N–H and O–H groups in total. The van der Waals surface area contributed by atoms with E-state index in [1.54, 1.807) is 19.0 Å². The first kappa shape index (κ1) is 20.4. The summed E-state index contributed by atoms with van der Waals surface area (Å²) < 4.78 is 5.99. The lowest BCUT2D eigenvalue weighted by molar-refractivity contribution is 0.0407. The molecule has 1 unspecified atom stereocenters. The zero-order valence-corrected chi connectivity index (χ0v) is 17.7. The summed E-state index contributed by atoms with van der Waals surface area (Å²) in [5.41, 5.74) is 3.09. The predicted octanol–water partition coefficient (Wildman–Crippen LogP) is 3.54. The molecule has 0 aromatic heterocycles. The van der Waals surface area contributed by atoms with Gasteiger partial charge in [-0.1, -0.05) is 48.5 Å². The Morgan fingerprint density at radius 1 is 1.10 bits per heavy atom.